The van der Waals surface area contributed by atoms with Crippen molar-refractivity contribution in [2.24, 2.45) is 0 Å². The average Bonchev–Trinajstić information content (AvgIpc) is 3.25. The molecule has 5 nitrogen and oxygen atoms in total. The molecule has 0 saturated heterocycles. The van der Waals surface area contributed by atoms with Crippen LogP contribution in [0, 0.1) is 0 Å². The van der Waals surface area contributed by atoms with Crippen LogP contribution in [0.4, 0.5) is 0 Å². The summed E-state index contributed by atoms with van der Waals surface area (Å²) in [6.07, 6.45) is 5.79. The molecular formula is C17H18N4OS. The highest BCUT2D eigenvalue weighted by atomic mass is 32.1. The molecule has 118 valence electrons. The van der Waals surface area contributed by atoms with E-state index in [9.17, 15) is 0 Å². The Labute approximate surface area is 139 Å². The summed E-state index contributed by atoms with van der Waals surface area (Å²) in [6.45, 7) is 2.52. The molecule has 0 spiro atoms. The first-order chi connectivity index (χ1) is 11.3. The van der Waals surface area contributed by atoms with Crippen LogP contribution in [0.3, 0.4) is 0 Å². The number of rotatable bonds is 4. The van der Waals surface area contributed by atoms with Crippen LogP contribution in [0.5, 0.6) is 5.75 Å². The molecule has 4 rings (SSSR count). The number of aromatic nitrogens is 3. The van der Waals surface area contributed by atoms with Crippen molar-refractivity contribution < 1.29 is 4.74 Å². The quantitative estimate of drug-likeness (QED) is 0.739. The van der Waals surface area contributed by atoms with E-state index in [0.29, 0.717) is 0 Å². The summed E-state index contributed by atoms with van der Waals surface area (Å²) in [5, 5.41) is 3.16. The lowest BCUT2D eigenvalue weighted by molar-refractivity contribution is 0.126. The lowest BCUT2D eigenvalue weighted by atomic mass is 10.0. The summed E-state index contributed by atoms with van der Waals surface area (Å²) in [5.41, 5.74) is 1.21. The smallest absolute Gasteiger partial charge is 0.123 e. The fourth-order valence-electron chi connectivity index (χ4n) is 3.16. The molecule has 0 aliphatic carbocycles. The summed E-state index contributed by atoms with van der Waals surface area (Å²) >= 11 is 1.70. The van der Waals surface area contributed by atoms with Gasteiger partial charge in [0.05, 0.1) is 26.2 Å². The molecule has 1 aromatic carbocycles. The number of imidazole rings is 1. The van der Waals surface area contributed by atoms with Crippen molar-refractivity contribution in [3.63, 3.8) is 0 Å². The van der Waals surface area contributed by atoms with Gasteiger partial charge in [0.2, 0.25) is 0 Å². The second-order valence-electron chi connectivity index (χ2n) is 5.58. The van der Waals surface area contributed by atoms with E-state index in [1.54, 1.807) is 18.4 Å². The number of ether oxygens (including phenoxy) is 1. The lowest BCUT2D eigenvalue weighted by Gasteiger charge is -2.36. The number of hydrogen-bond acceptors (Lipinski definition) is 5. The van der Waals surface area contributed by atoms with E-state index in [1.165, 1.54) is 5.56 Å². The van der Waals surface area contributed by atoms with Crippen molar-refractivity contribution in [2.75, 3.05) is 7.11 Å². The van der Waals surface area contributed by atoms with Crippen molar-refractivity contribution in [1.29, 1.82) is 0 Å². The Bertz CT molecular complexity index is 784. The second kappa shape index (κ2) is 6.14. The molecule has 0 fully saturated rings. The molecule has 2 aromatic heterocycles. The van der Waals surface area contributed by atoms with Gasteiger partial charge in [0.15, 0.2) is 0 Å². The third kappa shape index (κ3) is 2.75. The largest absolute Gasteiger partial charge is 0.496 e. The molecule has 0 unspecified atom stereocenters. The van der Waals surface area contributed by atoms with E-state index in [1.807, 2.05) is 29.9 Å². The molecule has 0 N–H and O–H groups in total. The highest BCUT2D eigenvalue weighted by Crippen LogP contribution is 2.35. The minimum Gasteiger partial charge on any atom is -0.496 e. The molecule has 0 bridgehead atoms. The minimum absolute atomic E-state index is 0.247. The fraction of sp³-hybridized carbons (Fsp3) is 0.294. The summed E-state index contributed by atoms with van der Waals surface area (Å²) < 4.78 is 7.82. The van der Waals surface area contributed by atoms with Crippen molar-refractivity contribution in [1.82, 2.24) is 19.4 Å². The maximum absolute atomic E-state index is 5.59. The Morgan fingerprint density at radius 2 is 2.17 bits per heavy atom. The van der Waals surface area contributed by atoms with Crippen LogP contribution >= 0.6 is 11.3 Å². The molecule has 3 aromatic rings. The van der Waals surface area contributed by atoms with Crippen LogP contribution in [0.25, 0.3) is 0 Å². The normalized spacial score (nSPS) is 17.9. The first kappa shape index (κ1) is 14.4. The molecule has 1 aliphatic rings. The van der Waals surface area contributed by atoms with Gasteiger partial charge in [-0.15, -0.1) is 11.3 Å². The standard InChI is InChI=1S/C17H18N4OS/c1-22-15-5-3-2-4-13(15)14-10-20-8-6-18-16(20)11-21(14)12-17-19-7-9-23-17/h2-9,14H,10-12H2,1H3/t14-/m1/s1. The molecule has 23 heavy (non-hydrogen) atoms. The Morgan fingerprint density at radius 3 is 3.00 bits per heavy atom. The summed E-state index contributed by atoms with van der Waals surface area (Å²) in [5.74, 6) is 2.04. The number of thiazole rings is 1. The number of fused-ring (bicyclic) bond motifs is 1. The zero-order chi connectivity index (χ0) is 15.6. The van der Waals surface area contributed by atoms with Gasteiger partial charge in [0, 0.05) is 36.1 Å². The SMILES string of the molecule is COc1ccccc1[C@H]1Cn2ccnc2CN1Cc1nccs1. The van der Waals surface area contributed by atoms with Crippen LogP contribution in [-0.2, 0) is 19.6 Å². The van der Waals surface area contributed by atoms with Gasteiger partial charge in [-0.25, -0.2) is 9.97 Å². The topological polar surface area (TPSA) is 43.2 Å². The molecule has 0 radical (unpaired) electrons. The number of nitrogens with zero attached hydrogens (tertiary/aromatic N) is 4. The second-order valence-corrected chi connectivity index (χ2v) is 6.56. The highest BCUT2D eigenvalue weighted by molar-refractivity contribution is 7.09. The molecule has 1 aliphatic heterocycles. The van der Waals surface area contributed by atoms with E-state index in [4.69, 9.17) is 4.74 Å². The maximum atomic E-state index is 5.59. The highest BCUT2D eigenvalue weighted by Gasteiger charge is 2.30. The summed E-state index contributed by atoms with van der Waals surface area (Å²) in [4.78, 5) is 11.4. The lowest BCUT2D eigenvalue weighted by Crippen LogP contribution is -2.36. The van der Waals surface area contributed by atoms with Gasteiger partial charge in [-0.1, -0.05) is 18.2 Å². The van der Waals surface area contributed by atoms with Crippen LogP contribution in [0.1, 0.15) is 22.4 Å². The number of para-hydroxylation sites is 1. The first-order valence-electron chi connectivity index (χ1n) is 7.60. The van der Waals surface area contributed by atoms with Crippen LogP contribution in [0.15, 0.2) is 48.2 Å². The van der Waals surface area contributed by atoms with E-state index in [0.717, 1.165) is 36.2 Å². The molecule has 0 amide bonds. The van der Waals surface area contributed by atoms with Crippen LogP contribution in [0.2, 0.25) is 0 Å². The zero-order valence-corrected chi connectivity index (χ0v) is 13.7. The minimum atomic E-state index is 0.247. The molecule has 1 atom stereocenters. The fourth-order valence-corrected chi connectivity index (χ4v) is 3.80. The Hall–Kier alpha value is -2.18. The van der Waals surface area contributed by atoms with Gasteiger partial charge < -0.3 is 9.30 Å². The third-order valence-electron chi connectivity index (χ3n) is 4.28. The Morgan fingerprint density at radius 1 is 1.26 bits per heavy atom. The van der Waals surface area contributed by atoms with E-state index < -0.39 is 0 Å². The Balaban J connectivity index is 1.71. The molecule has 0 saturated carbocycles. The van der Waals surface area contributed by atoms with Gasteiger partial charge in [-0.3, -0.25) is 4.90 Å². The van der Waals surface area contributed by atoms with Crippen LogP contribution < -0.4 is 4.74 Å². The number of methoxy groups -OCH3 is 1. The van der Waals surface area contributed by atoms with Gasteiger partial charge in [-0.05, 0) is 6.07 Å². The number of hydrogen-bond donors (Lipinski definition) is 0. The number of benzene rings is 1. The predicted octanol–water partition coefficient (Wildman–Crippen LogP) is 3.11. The summed E-state index contributed by atoms with van der Waals surface area (Å²) in [7, 11) is 1.73. The average molecular weight is 326 g/mol. The van der Waals surface area contributed by atoms with E-state index >= 15 is 0 Å². The Kier molecular flexibility index (Phi) is 3.85. The van der Waals surface area contributed by atoms with Gasteiger partial charge in [-0.2, -0.15) is 0 Å². The first-order valence-corrected chi connectivity index (χ1v) is 8.48. The van der Waals surface area contributed by atoms with Crippen molar-refractivity contribution in [3.05, 3.63) is 64.6 Å². The molecule has 3 heterocycles. The zero-order valence-electron chi connectivity index (χ0n) is 12.9. The van der Waals surface area contributed by atoms with Gasteiger partial charge >= 0.3 is 0 Å². The van der Waals surface area contributed by atoms with Crippen molar-refractivity contribution in [3.8, 4) is 5.75 Å². The van der Waals surface area contributed by atoms with Crippen LogP contribution in [-0.4, -0.2) is 26.5 Å². The van der Waals surface area contributed by atoms with E-state index in [2.05, 4.69) is 37.8 Å². The third-order valence-corrected chi connectivity index (χ3v) is 5.04. The van der Waals surface area contributed by atoms with E-state index in [-0.39, 0.29) is 6.04 Å². The molecular weight excluding hydrogens is 308 g/mol. The van der Waals surface area contributed by atoms with Gasteiger partial charge in [0.1, 0.15) is 16.6 Å². The van der Waals surface area contributed by atoms with Gasteiger partial charge in [0.25, 0.3) is 0 Å². The summed E-state index contributed by atoms with van der Waals surface area (Å²) in [6, 6.07) is 8.51. The van der Waals surface area contributed by atoms with Crippen molar-refractivity contribution in [2.45, 2.75) is 25.7 Å². The predicted molar refractivity (Wildman–Crippen MR) is 89.3 cm³/mol. The van der Waals surface area contributed by atoms with Crippen molar-refractivity contribution >= 4 is 11.3 Å². The maximum Gasteiger partial charge on any atom is 0.123 e. The monoisotopic (exact) mass is 326 g/mol. The molecule has 6 heteroatoms.